The van der Waals surface area contributed by atoms with Crippen molar-refractivity contribution in [2.75, 3.05) is 5.32 Å². The number of amides is 1. The van der Waals surface area contributed by atoms with Crippen LogP contribution in [0.2, 0.25) is 0 Å². The Kier molecular flexibility index (Phi) is 3.07. The Hall–Kier alpha value is -2.64. The number of carbonyl (C=O) groups is 1. The first kappa shape index (κ1) is 12.8. The van der Waals surface area contributed by atoms with E-state index in [9.17, 15) is 14.4 Å². The monoisotopic (exact) mass is 264 g/mol. The molecule has 0 aliphatic carbocycles. The van der Waals surface area contributed by atoms with Gasteiger partial charge < -0.3 is 9.84 Å². The summed E-state index contributed by atoms with van der Waals surface area (Å²) >= 11 is 0. The Morgan fingerprint density at radius 2 is 2.00 bits per heavy atom. The Bertz CT molecular complexity index is 753. The van der Waals surface area contributed by atoms with Crippen molar-refractivity contribution >= 4 is 11.7 Å². The van der Waals surface area contributed by atoms with Gasteiger partial charge in [0.05, 0.1) is 6.20 Å². The van der Waals surface area contributed by atoms with Crippen molar-refractivity contribution in [2.24, 2.45) is 14.1 Å². The second-order valence-corrected chi connectivity index (χ2v) is 4.02. The number of carbonyl (C=O) groups excluding carboxylic acids is 1. The molecule has 0 radical (unpaired) electrons. The Labute approximate surface area is 107 Å². The summed E-state index contributed by atoms with van der Waals surface area (Å²) in [6.07, 6.45) is 1.27. The highest BCUT2D eigenvalue weighted by Crippen LogP contribution is 2.09. The molecule has 2 rings (SSSR count). The van der Waals surface area contributed by atoms with Crippen LogP contribution in [0.3, 0.4) is 0 Å². The number of nitrogens with zero attached hydrogens (tertiary/aromatic N) is 3. The summed E-state index contributed by atoms with van der Waals surface area (Å²) in [7, 11) is 2.82. The number of nitrogens with one attached hydrogen (secondary N) is 1. The molecule has 8 nitrogen and oxygen atoms in total. The van der Waals surface area contributed by atoms with Crippen LogP contribution in [0.1, 0.15) is 16.1 Å². The van der Waals surface area contributed by atoms with Crippen LogP contribution < -0.4 is 16.6 Å². The SMILES string of the molecule is Cc1oncc1C(=O)Nc1cc(=O)n(C)c(=O)n1C. The normalized spacial score (nSPS) is 10.5. The Morgan fingerprint density at radius 3 is 2.58 bits per heavy atom. The lowest BCUT2D eigenvalue weighted by molar-refractivity contribution is 0.102. The summed E-state index contributed by atoms with van der Waals surface area (Å²) in [5, 5.41) is 5.96. The van der Waals surface area contributed by atoms with Gasteiger partial charge in [0.25, 0.3) is 11.5 Å². The van der Waals surface area contributed by atoms with Crippen LogP contribution in [-0.4, -0.2) is 20.2 Å². The zero-order valence-corrected chi connectivity index (χ0v) is 10.6. The van der Waals surface area contributed by atoms with E-state index in [-0.39, 0.29) is 11.4 Å². The standard InChI is InChI=1S/C11H12N4O4/c1-6-7(5-12-19-6)10(17)13-8-4-9(16)15(3)11(18)14(8)2/h4-5H,1-3H3,(H,13,17). The third-order valence-electron chi connectivity index (χ3n) is 2.76. The van der Waals surface area contributed by atoms with Gasteiger partial charge in [-0.2, -0.15) is 0 Å². The number of aryl methyl sites for hydroxylation is 1. The van der Waals surface area contributed by atoms with E-state index in [0.717, 1.165) is 4.57 Å². The molecular weight excluding hydrogens is 252 g/mol. The predicted molar refractivity (Wildman–Crippen MR) is 66.1 cm³/mol. The van der Waals surface area contributed by atoms with E-state index >= 15 is 0 Å². The maximum absolute atomic E-state index is 11.9. The number of aromatic nitrogens is 3. The average molecular weight is 264 g/mol. The number of hydrogen-bond donors (Lipinski definition) is 1. The van der Waals surface area contributed by atoms with Gasteiger partial charge >= 0.3 is 5.69 Å². The van der Waals surface area contributed by atoms with E-state index in [1.165, 1.54) is 30.9 Å². The molecule has 0 bridgehead atoms. The Morgan fingerprint density at radius 1 is 1.32 bits per heavy atom. The van der Waals surface area contributed by atoms with Crippen LogP contribution in [0.4, 0.5) is 5.82 Å². The minimum absolute atomic E-state index is 0.110. The molecule has 0 spiro atoms. The molecule has 0 saturated heterocycles. The van der Waals surface area contributed by atoms with Crippen LogP contribution in [-0.2, 0) is 14.1 Å². The van der Waals surface area contributed by atoms with Crippen molar-refractivity contribution in [3.05, 3.63) is 44.4 Å². The van der Waals surface area contributed by atoms with Crippen molar-refractivity contribution in [3.8, 4) is 0 Å². The third kappa shape index (κ3) is 2.19. The van der Waals surface area contributed by atoms with E-state index in [1.54, 1.807) is 6.92 Å². The molecular formula is C11H12N4O4. The minimum Gasteiger partial charge on any atom is -0.361 e. The molecule has 2 aromatic heterocycles. The van der Waals surface area contributed by atoms with Crippen molar-refractivity contribution < 1.29 is 9.32 Å². The molecule has 0 unspecified atom stereocenters. The maximum atomic E-state index is 11.9. The lowest BCUT2D eigenvalue weighted by Gasteiger charge is -2.09. The number of rotatable bonds is 2. The first-order valence-corrected chi connectivity index (χ1v) is 5.41. The van der Waals surface area contributed by atoms with Crippen molar-refractivity contribution in [2.45, 2.75) is 6.92 Å². The van der Waals surface area contributed by atoms with Crippen molar-refractivity contribution in [1.29, 1.82) is 0 Å². The zero-order chi connectivity index (χ0) is 14.2. The Balaban J connectivity index is 2.41. The van der Waals surface area contributed by atoms with E-state index in [1.807, 2.05) is 0 Å². The molecule has 0 atom stereocenters. The molecule has 1 N–H and O–H groups in total. The highest BCUT2D eigenvalue weighted by Gasteiger charge is 2.15. The summed E-state index contributed by atoms with van der Waals surface area (Å²) in [6, 6.07) is 1.17. The topological polar surface area (TPSA) is 99.1 Å². The molecule has 2 heterocycles. The minimum atomic E-state index is -0.523. The van der Waals surface area contributed by atoms with Gasteiger partial charge in [-0.05, 0) is 6.92 Å². The summed E-state index contributed by atoms with van der Waals surface area (Å²) in [4.78, 5) is 35.1. The van der Waals surface area contributed by atoms with Gasteiger partial charge in [-0.3, -0.25) is 18.7 Å². The van der Waals surface area contributed by atoms with Gasteiger partial charge in [-0.1, -0.05) is 5.16 Å². The van der Waals surface area contributed by atoms with Gasteiger partial charge in [-0.15, -0.1) is 0 Å². The predicted octanol–water partition coefficient (Wildman–Crippen LogP) is -0.367. The van der Waals surface area contributed by atoms with Gasteiger partial charge in [0.15, 0.2) is 0 Å². The van der Waals surface area contributed by atoms with E-state index in [2.05, 4.69) is 10.5 Å². The van der Waals surface area contributed by atoms with Gasteiger partial charge in [0.1, 0.15) is 17.1 Å². The first-order chi connectivity index (χ1) is 8.91. The van der Waals surface area contributed by atoms with Gasteiger partial charge in [0, 0.05) is 20.2 Å². The summed E-state index contributed by atoms with van der Waals surface area (Å²) < 4.78 is 6.89. The van der Waals surface area contributed by atoms with Crippen molar-refractivity contribution in [1.82, 2.24) is 14.3 Å². The van der Waals surface area contributed by atoms with Gasteiger partial charge in [0.2, 0.25) is 0 Å². The quantitative estimate of drug-likeness (QED) is 0.798. The molecule has 8 heteroatoms. The highest BCUT2D eigenvalue weighted by atomic mass is 16.5. The van der Waals surface area contributed by atoms with Crippen molar-refractivity contribution in [3.63, 3.8) is 0 Å². The fourth-order valence-electron chi connectivity index (χ4n) is 1.55. The lowest BCUT2D eigenvalue weighted by atomic mass is 10.2. The average Bonchev–Trinajstić information content (AvgIpc) is 2.79. The summed E-state index contributed by atoms with van der Waals surface area (Å²) in [5.41, 5.74) is -0.779. The van der Waals surface area contributed by atoms with Gasteiger partial charge in [-0.25, -0.2) is 4.79 Å². The number of anilines is 1. The van der Waals surface area contributed by atoms with Crippen LogP contribution in [0.25, 0.3) is 0 Å². The van der Waals surface area contributed by atoms with Crippen LogP contribution >= 0.6 is 0 Å². The molecule has 0 aliphatic rings. The van der Waals surface area contributed by atoms with Crippen LogP contribution in [0.5, 0.6) is 0 Å². The zero-order valence-electron chi connectivity index (χ0n) is 10.6. The second-order valence-electron chi connectivity index (χ2n) is 4.02. The van der Waals surface area contributed by atoms with E-state index in [0.29, 0.717) is 5.76 Å². The van der Waals surface area contributed by atoms with E-state index in [4.69, 9.17) is 4.52 Å². The molecule has 1 amide bonds. The highest BCUT2D eigenvalue weighted by molar-refractivity contribution is 6.04. The molecule has 0 saturated carbocycles. The number of hydrogen-bond acceptors (Lipinski definition) is 5. The molecule has 0 aromatic carbocycles. The lowest BCUT2D eigenvalue weighted by Crippen LogP contribution is -2.38. The largest absolute Gasteiger partial charge is 0.361 e. The third-order valence-corrected chi connectivity index (χ3v) is 2.76. The molecule has 100 valence electrons. The smallest absolute Gasteiger partial charge is 0.332 e. The molecule has 19 heavy (non-hydrogen) atoms. The summed E-state index contributed by atoms with van der Waals surface area (Å²) in [6.45, 7) is 1.59. The maximum Gasteiger partial charge on any atom is 0.332 e. The summed E-state index contributed by atoms with van der Waals surface area (Å²) in [5.74, 6) is -0.0352. The fraction of sp³-hybridized carbons (Fsp3) is 0.273. The first-order valence-electron chi connectivity index (χ1n) is 5.41. The molecule has 2 aromatic rings. The fourth-order valence-corrected chi connectivity index (χ4v) is 1.55. The molecule has 0 fully saturated rings. The van der Waals surface area contributed by atoms with Crippen LogP contribution in [0, 0.1) is 6.92 Å². The van der Waals surface area contributed by atoms with E-state index < -0.39 is 17.2 Å². The van der Waals surface area contributed by atoms with Crippen LogP contribution in [0.15, 0.2) is 26.4 Å². The second kappa shape index (κ2) is 4.56. The molecule has 0 aliphatic heterocycles.